The maximum Gasteiger partial charge on any atom is 0.238 e. The molecule has 1 unspecified atom stereocenters. The maximum absolute atomic E-state index is 12.6. The van der Waals surface area contributed by atoms with Gasteiger partial charge in [-0.2, -0.15) is 0 Å². The minimum Gasteiger partial charge on any atom is -0.372 e. The molecule has 3 aromatic rings. The van der Waals surface area contributed by atoms with Crippen LogP contribution in [0.3, 0.4) is 0 Å². The number of amides is 1. The molecule has 0 aliphatic carbocycles. The lowest BCUT2D eigenvalue weighted by molar-refractivity contribution is -0.115. The third-order valence-corrected chi connectivity index (χ3v) is 6.49. The highest BCUT2D eigenvalue weighted by molar-refractivity contribution is 7.10. The molecule has 1 fully saturated rings. The Morgan fingerprint density at radius 2 is 1.63 bits per heavy atom. The molecule has 1 aliphatic rings. The zero-order valence-electron chi connectivity index (χ0n) is 17.2. The second-order valence-corrected chi connectivity index (χ2v) is 8.72. The summed E-state index contributed by atoms with van der Waals surface area (Å²) in [5.41, 5.74) is 3.25. The average molecular weight is 420 g/mol. The monoisotopic (exact) mass is 419 g/mol. The lowest BCUT2D eigenvalue weighted by atomic mass is 10.1. The van der Waals surface area contributed by atoms with E-state index >= 15 is 0 Å². The van der Waals surface area contributed by atoms with E-state index in [1.807, 2.05) is 36.4 Å². The van der Waals surface area contributed by atoms with E-state index < -0.39 is 0 Å². The highest BCUT2D eigenvalue weighted by atomic mass is 32.1. The number of anilines is 2. The Morgan fingerprint density at radius 3 is 2.30 bits per heavy atom. The van der Waals surface area contributed by atoms with Gasteiger partial charge < -0.3 is 10.2 Å². The van der Waals surface area contributed by atoms with Gasteiger partial charge in [-0.15, -0.1) is 11.3 Å². The van der Waals surface area contributed by atoms with Crippen LogP contribution in [-0.2, 0) is 4.79 Å². The number of nitrogens with zero attached hydrogens (tertiary/aromatic N) is 1. The molecular formula is C25H29N3OS. The molecule has 4 nitrogen and oxygen atoms in total. The molecule has 0 radical (unpaired) electrons. The molecular weight excluding hydrogens is 390 g/mol. The summed E-state index contributed by atoms with van der Waals surface area (Å²) in [4.78, 5) is 16.2. The molecule has 1 saturated heterocycles. The standard InChI is InChI=1S/C25H29N3OS/c29-24(19-26-25(23-11-8-18-30-23)20-9-4-3-5-10-20)27-21-12-14-22(15-13-21)28-16-6-1-2-7-17-28/h3-5,8-15,18,25-26H,1-2,6-7,16-17,19H2,(H,27,29). The first-order chi connectivity index (χ1) is 14.8. The van der Waals surface area contributed by atoms with Crippen LogP contribution in [0, 0.1) is 0 Å². The van der Waals surface area contributed by atoms with E-state index in [0.29, 0.717) is 0 Å². The zero-order valence-corrected chi connectivity index (χ0v) is 18.0. The lowest BCUT2D eigenvalue weighted by Gasteiger charge is -2.23. The van der Waals surface area contributed by atoms with Gasteiger partial charge in [0, 0.05) is 29.3 Å². The van der Waals surface area contributed by atoms with Crippen LogP contribution in [-0.4, -0.2) is 25.5 Å². The van der Waals surface area contributed by atoms with Crippen LogP contribution in [0.5, 0.6) is 0 Å². The van der Waals surface area contributed by atoms with Gasteiger partial charge >= 0.3 is 0 Å². The van der Waals surface area contributed by atoms with E-state index in [1.54, 1.807) is 11.3 Å². The van der Waals surface area contributed by atoms with Crippen molar-refractivity contribution in [2.75, 3.05) is 29.9 Å². The SMILES string of the molecule is O=C(CNC(c1ccccc1)c1cccs1)Nc1ccc(N2CCCCCC2)cc1. The van der Waals surface area contributed by atoms with Crippen molar-refractivity contribution in [3.63, 3.8) is 0 Å². The van der Waals surface area contributed by atoms with Crippen LogP contribution in [0.4, 0.5) is 11.4 Å². The van der Waals surface area contributed by atoms with E-state index in [1.165, 1.54) is 36.2 Å². The summed E-state index contributed by atoms with van der Waals surface area (Å²) in [7, 11) is 0. The van der Waals surface area contributed by atoms with E-state index in [0.717, 1.165) is 24.3 Å². The van der Waals surface area contributed by atoms with Gasteiger partial charge in [0.2, 0.25) is 5.91 Å². The third-order valence-electron chi connectivity index (χ3n) is 5.55. The number of nitrogens with one attached hydrogen (secondary N) is 2. The second kappa shape index (κ2) is 10.4. The first-order valence-electron chi connectivity index (χ1n) is 10.8. The number of hydrogen-bond donors (Lipinski definition) is 2. The van der Waals surface area contributed by atoms with Crippen molar-refractivity contribution < 1.29 is 4.79 Å². The Kier molecular flexibility index (Phi) is 7.16. The lowest BCUT2D eigenvalue weighted by Crippen LogP contribution is -2.31. The molecule has 1 atom stereocenters. The van der Waals surface area contributed by atoms with Gasteiger partial charge in [0.05, 0.1) is 12.6 Å². The minimum absolute atomic E-state index is 0.0161. The third kappa shape index (κ3) is 5.49. The van der Waals surface area contributed by atoms with E-state index in [4.69, 9.17) is 0 Å². The van der Waals surface area contributed by atoms with E-state index in [2.05, 4.69) is 51.2 Å². The molecule has 0 saturated carbocycles. The molecule has 2 heterocycles. The van der Waals surface area contributed by atoms with E-state index in [9.17, 15) is 4.79 Å². The zero-order chi connectivity index (χ0) is 20.6. The Balaban J connectivity index is 1.34. The maximum atomic E-state index is 12.6. The van der Waals surface area contributed by atoms with Crippen LogP contribution >= 0.6 is 11.3 Å². The molecule has 5 heteroatoms. The highest BCUT2D eigenvalue weighted by Crippen LogP contribution is 2.26. The second-order valence-electron chi connectivity index (χ2n) is 7.74. The fourth-order valence-corrected chi connectivity index (χ4v) is 4.80. The van der Waals surface area contributed by atoms with Crippen molar-refractivity contribution in [2.45, 2.75) is 31.7 Å². The summed E-state index contributed by atoms with van der Waals surface area (Å²) in [5, 5.41) is 8.51. The molecule has 2 aromatic carbocycles. The van der Waals surface area contributed by atoms with Crippen molar-refractivity contribution >= 4 is 28.6 Å². The van der Waals surface area contributed by atoms with Crippen molar-refractivity contribution in [1.82, 2.24) is 5.32 Å². The first kappa shape index (κ1) is 20.6. The van der Waals surface area contributed by atoms with Gasteiger partial charge in [-0.25, -0.2) is 0 Å². The first-order valence-corrected chi connectivity index (χ1v) is 11.6. The number of rotatable bonds is 7. The van der Waals surface area contributed by atoms with Gasteiger partial charge in [0.15, 0.2) is 0 Å². The summed E-state index contributed by atoms with van der Waals surface area (Å²) in [5.74, 6) is -0.0324. The molecule has 2 N–H and O–H groups in total. The predicted octanol–water partition coefficient (Wildman–Crippen LogP) is 5.45. The Labute approximate surface area is 182 Å². The Morgan fingerprint density at radius 1 is 0.900 bits per heavy atom. The predicted molar refractivity (Wildman–Crippen MR) is 126 cm³/mol. The van der Waals surface area contributed by atoms with Crippen molar-refractivity contribution in [1.29, 1.82) is 0 Å². The van der Waals surface area contributed by atoms with E-state index in [-0.39, 0.29) is 18.5 Å². The molecule has 1 aliphatic heterocycles. The average Bonchev–Trinajstić information content (AvgIpc) is 3.17. The van der Waals surface area contributed by atoms with Gasteiger partial charge in [0.1, 0.15) is 0 Å². The van der Waals surface area contributed by atoms with Crippen LogP contribution < -0.4 is 15.5 Å². The quantitative estimate of drug-likeness (QED) is 0.535. The number of thiophene rings is 1. The number of carbonyl (C=O) groups is 1. The molecule has 4 rings (SSSR count). The summed E-state index contributed by atoms with van der Waals surface area (Å²) < 4.78 is 0. The van der Waals surface area contributed by atoms with Crippen LogP contribution in [0.1, 0.15) is 42.2 Å². The molecule has 156 valence electrons. The minimum atomic E-state index is -0.0324. The Bertz CT molecular complexity index is 901. The molecule has 30 heavy (non-hydrogen) atoms. The van der Waals surface area contributed by atoms with Crippen LogP contribution in [0.25, 0.3) is 0 Å². The summed E-state index contributed by atoms with van der Waals surface area (Å²) in [6.45, 7) is 2.50. The molecule has 1 aromatic heterocycles. The Hall–Kier alpha value is -2.63. The summed E-state index contributed by atoms with van der Waals surface area (Å²) in [6.07, 6.45) is 5.17. The smallest absolute Gasteiger partial charge is 0.238 e. The van der Waals surface area contributed by atoms with Crippen molar-refractivity contribution in [2.24, 2.45) is 0 Å². The molecule has 1 amide bonds. The summed E-state index contributed by atoms with van der Waals surface area (Å²) >= 11 is 1.70. The molecule has 0 bridgehead atoms. The van der Waals surface area contributed by atoms with Gasteiger partial charge in [0.25, 0.3) is 0 Å². The summed E-state index contributed by atoms with van der Waals surface area (Å²) in [6, 6.07) is 22.7. The number of hydrogen-bond acceptors (Lipinski definition) is 4. The van der Waals surface area contributed by atoms with Gasteiger partial charge in [-0.1, -0.05) is 49.2 Å². The normalized spacial score (nSPS) is 15.4. The number of carbonyl (C=O) groups excluding carboxylic acids is 1. The van der Waals surface area contributed by atoms with Gasteiger partial charge in [-0.05, 0) is 54.1 Å². The number of benzene rings is 2. The fraction of sp³-hybridized carbons (Fsp3) is 0.320. The fourth-order valence-electron chi connectivity index (χ4n) is 3.97. The highest BCUT2D eigenvalue weighted by Gasteiger charge is 2.16. The topological polar surface area (TPSA) is 44.4 Å². The van der Waals surface area contributed by atoms with Gasteiger partial charge in [-0.3, -0.25) is 10.1 Å². The molecule has 0 spiro atoms. The van der Waals surface area contributed by atoms with Crippen LogP contribution in [0.15, 0.2) is 72.1 Å². The van der Waals surface area contributed by atoms with Crippen molar-refractivity contribution in [3.8, 4) is 0 Å². The largest absolute Gasteiger partial charge is 0.372 e. The van der Waals surface area contributed by atoms with Crippen molar-refractivity contribution in [3.05, 3.63) is 82.6 Å². The van der Waals surface area contributed by atoms with Crippen LogP contribution in [0.2, 0.25) is 0 Å².